The zero-order valence-corrected chi connectivity index (χ0v) is 37.5. The highest BCUT2D eigenvalue weighted by atomic mass is 32.1. The van der Waals surface area contributed by atoms with Crippen molar-refractivity contribution in [3.8, 4) is 22.3 Å². The number of nitrogens with zero attached hydrogens (tertiary/aromatic N) is 2. The van der Waals surface area contributed by atoms with Crippen molar-refractivity contribution in [1.29, 1.82) is 0 Å². The van der Waals surface area contributed by atoms with E-state index in [9.17, 15) is 5.48 Å². The minimum Gasteiger partial charge on any atom is -0.310 e. The molecule has 0 bridgehead atoms. The average Bonchev–Trinajstić information content (AvgIpc) is 4.02. The summed E-state index contributed by atoms with van der Waals surface area (Å²) in [6.07, 6.45) is 0. The van der Waals surface area contributed by atoms with Crippen molar-refractivity contribution in [2.45, 2.75) is 5.41 Å². The summed E-state index contributed by atoms with van der Waals surface area (Å²) in [6, 6.07) is 74.3. The normalized spacial score (nSPS) is 15.4. The van der Waals surface area contributed by atoms with Crippen LogP contribution in [0.15, 0.2) is 267 Å². The van der Waals surface area contributed by atoms with E-state index >= 15 is 0 Å². The molecule has 0 N–H and O–H groups in total. The highest BCUT2D eigenvalue weighted by Gasteiger charge is 2.48. The fourth-order valence-electron chi connectivity index (χ4n) is 10.4. The van der Waals surface area contributed by atoms with Gasteiger partial charge in [-0.25, -0.2) is 0 Å². The molecule has 1 aromatic heterocycles. The lowest BCUT2D eigenvalue weighted by molar-refractivity contribution is 0.779. The first-order valence-corrected chi connectivity index (χ1v) is 23.6. The lowest BCUT2D eigenvalue weighted by atomic mass is 9.67. The Balaban J connectivity index is 1.20. The van der Waals surface area contributed by atoms with Crippen LogP contribution >= 0.6 is 11.3 Å². The van der Waals surface area contributed by atoms with Crippen molar-refractivity contribution >= 4 is 76.4 Å². The predicted molar refractivity (Wildman–Crippen MR) is 289 cm³/mol. The molecule has 3 heteroatoms. The van der Waals surface area contributed by atoms with Crippen LogP contribution in [0, 0.1) is 0 Å². The van der Waals surface area contributed by atoms with Crippen LogP contribution in [0.4, 0.5) is 34.1 Å². The van der Waals surface area contributed by atoms with Gasteiger partial charge in [0.15, 0.2) is 0 Å². The van der Waals surface area contributed by atoms with Gasteiger partial charge in [0.1, 0.15) is 0 Å². The largest absolute Gasteiger partial charge is 0.310 e. The Morgan fingerprint density at radius 2 is 0.926 bits per heavy atom. The second-order valence-electron chi connectivity index (χ2n) is 17.1. The average molecular weight is 892 g/mol. The molecule has 2 nitrogen and oxygen atoms in total. The molecule has 68 heavy (non-hydrogen) atoms. The minimum atomic E-state index is -1.47. The van der Waals surface area contributed by atoms with Gasteiger partial charge in [0.05, 0.1) is 20.7 Å². The van der Waals surface area contributed by atoms with Crippen LogP contribution in [0.3, 0.4) is 0 Å². The lowest BCUT2D eigenvalue weighted by Gasteiger charge is -2.35. The standard InChI is InChI=1S/C65H44N2S/c1-5-21-46(22-6-1)54-30-15-17-34-62(54)67(51-28-11-4-12-29-51)53-39-41-60-58(44-53)57-43-52(66(49-24-7-2-8-25-49)50-26-9-3-10-27-50)38-40-59(57)65(60,48-37-36-45-20-13-14-23-47(45)42-48)61-33-19-32-56-55-31-16-18-35-63(55)68-64(56)61/h1-44H/i13D,14D,20D,23D,36D,37D,42D. The Bertz CT molecular complexity index is 4190. The van der Waals surface area contributed by atoms with E-state index in [0.29, 0.717) is 0 Å². The number of anilines is 6. The highest BCUT2D eigenvalue weighted by Crippen LogP contribution is 2.60. The molecule has 1 unspecified atom stereocenters. The summed E-state index contributed by atoms with van der Waals surface area (Å²) in [6.45, 7) is 0. The fourth-order valence-corrected chi connectivity index (χ4v) is 11.7. The van der Waals surface area contributed by atoms with Crippen LogP contribution in [-0.4, -0.2) is 0 Å². The first-order valence-electron chi connectivity index (χ1n) is 26.3. The molecular formula is C65H44N2S. The highest BCUT2D eigenvalue weighted by molar-refractivity contribution is 7.26. The summed E-state index contributed by atoms with van der Waals surface area (Å²) < 4.78 is 68.4. The van der Waals surface area contributed by atoms with E-state index < -0.39 is 29.6 Å². The maximum absolute atomic E-state index is 10.4. The molecule has 0 amide bonds. The quantitative estimate of drug-likeness (QED) is 0.142. The van der Waals surface area contributed by atoms with Gasteiger partial charge >= 0.3 is 0 Å². The van der Waals surface area contributed by atoms with E-state index in [4.69, 9.17) is 4.11 Å². The van der Waals surface area contributed by atoms with E-state index in [2.05, 4.69) is 155 Å². The maximum Gasteiger partial charge on any atom is 0.0727 e. The number of fused-ring (bicyclic) bond motifs is 7. The number of hydrogen-bond donors (Lipinski definition) is 0. The van der Waals surface area contributed by atoms with Crippen molar-refractivity contribution in [1.82, 2.24) is 0 Å². The van der Waals surface area contributed by atoms with E-state index in [1.54, 1.807) is 11.3 Å². The van der Waals surface area contributed by atoms with Crippen molar-refractivity contribution in [2.24, 2.45) is 0 Å². The second kappa shape index (κ2) is 16.4. The van der Waals surface area contributed by atoms with Crippen molar-refractivity contribution in [3.63, 3.8) is 0 Å². The number of para-hydroxylation sites is 4. The van der Waals surface area contributed by atoms with Crippen molar-refractivity contribution in [3.05, 3.63) is 289 Å². The van der Waals surface area contributed by atoms with Gasteiger partial charge in [0, 0.05) is 54.2 Å². The van der Waals surface area contributed by atoms with Gasteiger partial charge in [-0.1, -0.05) is 188 Å². The first kappa shape index (κ1) is 33.0. The molecule has 11 aromatic carbocycles. The van der Waals surface area contributed by atoms with Gasteiger partial charge in [0.25, 0.3) is 0 Å². The fraction of sp³-hybridized carbons (Fsp3) is 0.0154. The number of rotatable bonds is 9. The molecule has 1 aliphatic carbocycles. The SMILES string of the molecule is [2H]c1c([2H])c([2H])c2c([2H])c(C3(c4cccc5c4sc4ccccc45)c4ccc(N(c5ccccc5)c5ccccc5)cc4-c4cc(N(c5ccccc5)c5ccccc5-c5ccccc5)ccc43)c([2H])c([2H])c2c1[2H]. The van der Waals surface area contributed by atoms with Crippen molar-refractivity contribution in [2.75, 3.05) is 9.80 Å². The van der Waals surface area contributed by atoms with E-state index in [1.807, 2.05) is 78.9 Å². The summed E-state index contributed by atoms with van der Waals surface area (Å²) in [4.78, 5) is 4.50. The molecule has 0 radical (unpaired) electrons. The number of hydrogen-bond acceptors (Lipinski definition) is 3. The zero-order chi connectivity index (χ0) is 51.1. The topological polar surface area (TPSA) is 6.48 Å². The Labute approximate surface area is 410 Å². The monoisotopic (exact) mass is 891 g/mol. The Hall–Kier alpha value is -8.50. The summed E-state index contributed by atoms with van der Waals surface area (Å²) >= 11 is 1.64. The molecule has 0 fully saturated rings. The number of benzene rings is 11. The van der Waals surface area contributed by atoms with Crippen LogP contribution in [0.25, 0.3) is 53.2 Å². The Morgan fingerprint density at radius 3 is 1.60 bits per heavy atom. The third kappa shape index (κ3) is 6.39. The summed E-state index contributed by atoms with van der Waals surface area (Å²) in [7, 11) is 0. The molecule has 0 saturated heterocycles. The maximum atomic E-state index is 10.4. The molecule has 12 aromatic rings. The van der Waals surface area contributed by atoms with E-state index in [0.717, 1.165) is 93.2 Å². The smallest absolute Gasteiger partial charge is 0.0727 e. The molecule has 1 aliphatic rings. The molecule has 0 aliphatic heterocycles. The first-order chi connectivity index (χ1) is 36.7. The van der Waals surface area contributed by atoms with Crippen LogP contribution < -0.4 is 9.80 Å². The van der Waals surface area contributed by atoms with Crippen LogP contribution in [0.1, 0.15) is 31.8 Å². The third-order valence-electron chi connectivity index (χ3n) is 13.3. The molecule has 13 rings (SSSR count). The number of thiophene rings is 1. The minimum absolute atomic E-state index is 0.0877. The third-order valence-corrected chi connectivity index (χ3v) is 14.5. The molecule has 1 atom stereocenters. The molecule has 1 heterocycles. The van der Waals surface area contributed by atoms with Gasteiger partial charge in [-0.15, -0.1) is 11.3 Å². The van der Waals surface area contributed by atoms with Gasteiger partial charge < -0.3 is 9.80 Å². The summed E-state index contributed by atoms with van der Waals surface area (Å²) in [5.41, 5.74) is 10.4. The van der Waals surface area contributed by atoms with Crippen LogP contribution in [0.5, 0.6) is 0 Å². The van der Waals surface area contributed by atoms with Crippen LogP contribution in [0.2, 0.25) is 0 Å². The van der Waals surface area contributed by atoms with Crippen molar-refractivity contribution < 1.29 is 9.60 Å². The van der Waals surface area contributed by atoms with Gasteiger partial charge in [-0.05, 0) is 129 Å². The summed E-state index contributed by atoms with van der Waals surface area (Å²) in [5.74, 6) is 0. The zero-order valence-electron chi connectivity index (χ0n) is 43.7. The second-order valence-corrected chi connectivity index (χ2v) is 18.1. The van der Waals surface area contributed by atoms with Gasteiger partial charge in [-0.2, -0.15) is 0 Å². The van der Waals surface area contributed by atoms with E-state index in [1.165, 1.54) is 0 Å². The Kier molecular flexibility index (Phi) is 7.98. The summed E-state index contributed by atoms with van der Waals surface area (Å²) in [5, 5.41) is 1.85. The predicted octanol–water partition coefficient (Wildman–Crippen LogP) is 18.2. The molecule has 0 spiro atoms. The van der Waals surface area contributed by atoms with E-state index in [-0.39, 0.29) is 34.5 Å². The molecular weight excluding hydrogens is 841 g/mol. The van der Waals surface area contributed by atoms with Gasteiger partial charge in [-0.3, -0.25) is 0 Å². The molecule has 320 valence electrons. The lowest BCUT2D eigenvalue weighted by Crippen LogP contribution is -2.29. The Morgan fingerprint density at radius 1 is 0.382 bits per heavy atom. The van der Waals surface area contributed by atoms with Gasteiger partial charge in [0.2, 0.25) is 0 Å². The molecule has 0 saturated carbocycles. The van der Waals surface area contributed by atoms with Crippen LogP contribution in [-0.2, 0) is 5.41 Å².